The molecule has 4 rings (SSSR count). The van der Waals surface area contributed by atoms with Crippen LogP contribution < -0.4 is 4.74 Å². The summed E-state index contributed by atoms with van der Waals surface area (Å²) in [5.74, 6) is -14.4. The number of ether oxygens (including phenoxy) is 1. The molecule has 0 amide bonds. The van der Waals surface area contributed by atoms with Crippen molar-refractivity contribution in [3.8, 4) is 17.0 Å². The fraction of sp³-hybridized carbons (Fsp3) is 0. The van der Waals surface area contributed by atoms with Gasteiger partial charge in [-0.2, -0.15) is 8.78 Å². The summed E-state index contributed by atoms with van der Waals surface area (Å²) in [7, 11) is 0. The lowest BCUT2D eigenvalue weighted by Crippen LogP contribution is -2.13. The smallest absolute Gasteiger partial charge is 0.343 e. The first-order valence-electron chi connectivity index (χ1n) is 10.4. The van der Waals surface area contributed by atoms with Crippen molar-refractivity contribution in [3.05, 3.63) is 123 Å². The summed E-state index contributed by atoms with van der Waals surface area (Å²) in [6.07, 6.45) is 3.41. The molecule has 0 spiro atoms. The zero-order valence-corrected chi connectivity index (χ0v) is 18.4. The van der Waals surface area contributed by atoms with Gasteiger partial charge in [-0.15, -0.1) is 0 Å². The molecule has 0 aliphatic heterocycles. The minimum Gasteiger partial charge on any atom is -0.416 e. The highest BCUT2D eigenvalue weighted by Gasteiger charge is 2.28. The molecule has 6 nitrogen and oxygen atoms in total. The second-order valence-electron chi connectivity index (χ2n) is 7.50. The molecule has 0 aliphatic carbocycles. The molecule has 186 valence electrons. The van der Waals surface area contributed by atoms with Crippen molar-refractivity contribution < 1.29 is 36.4 Å². The fourth-order valence-corrected chi connectivity index (χ4v) is 3.20. The predicted molar refractivity (Wildman–Crippen MR) is 123 cm³/mol. The van der Waals surface area contributed by atoms with E-state index in [1.807, 2.05) is 0 Å². The fourth-order valence-electron chi connectivity index (χ4n) is 3.20. The molecule has 0 bridgehead atoms. The standard InChI is InChI=1S/C26H13F5N2O4/c27-20-21(28)23(30)25(24(31)22(20)29)37-26(34)16-9-7-15(8-10-16)19-3-1-2-17(32-19)11-4-14-5-12-18(13-6-14)33(35)36/h1-13H/b11-4+. The molecule has 0 unspecified atom stereocenters. The Morgan fingerprint density at radius 3 is 1.97 bits per heavy atom. The number of nitro benzene ring substituents is 1. The minimum absolute atomic E-state index is 0.0307. The number of benzene rings is 3. The van der Waals surface area contributed by atoms with Crippen LogP contribution in [0.25, 0.3) is 23.4 Å². The normalized spacial score (nSPS) is 11.1. The summed E-state index contributed by atoms with van der Waals surface area (Å²) >= 11 is 0. The lowest BCUT2D eigenvalue weighted by atomic mass is 10.1. The highest BCUT2D eigenvalue weighted by atomic mass is 19.2. The quantitative estimate of drug-likeness (QED) is 0.0544. The lowest BCUT2D eigenvalue weighted by Gasteiger charge is -2.09. The van der Waals surface area contributed by atoms with Crippen LogP contribution in [0.5, 0.6) is 5.75 Å². The van der Waals surface area contributed by atoms with E-state index in [2.05, 4.69) is 9.72 Å². The van der Waals surface area contributed by atoms with Crippen molar-refractivity contribution >= 4 is 23.8 Å². The number of pyridine rings is 1. The Hall–Kier alpha value is -4.93. The topological polar surface area (TPSA) is 82.3 Å². The van der Waals surface area contributed by atoms with E-state index in [1.54, 1.807) is 42.5 Å². The van der Waals surface area contributed by atoms with Crippen molar-refractivity contribution in [2.24, 2.45) is 0 Å². The Bertz CT molecular complexity index is 1510. The summed E-state index contributed by atoms with van der Waals surface area (Å²) in [6, 6.07) is 16.5. The number of hydrogen-bond donors (Lipinski definition) is 0. The number of carbonyl (C=O) groups excluding carboxylic acids is 1. The van der Waals surface area contributed by atoms with Crippen molar-refractivity contribution in [1.29, 1.82) is 0 Å². The molecule has 0 N–H and O–H groups in total. The maximum atomic E-state index is 13.8. The van der Waals surface area contributed by atoms with Crippen LogP contribution in [0.3, 0.4) is 0 Å². The van der Waals surface area contributed by atoms with Gasteiger partial charge in [-0.05, 0) is 48.0 Å². The maximum Gasteiger partial charge on any atom is 0.343 e. The second kappa shape index (κ2) is 10.4. The summed E-state index contributed by atoms with van der Waals surface area (Å²) in [5.41, 5.74) is 2.10. The molecule has 4 aromatic rings. The number of aromatic nitrogens is 1. The first kappa shape index (κ1) is 25.2. The third-order valence-corrected chi connectivity index (χ3v) is 5.10. The van der Waals surface area contributed by atoms with E-state index in [0.717, 1.165) is 5.56 Å². The van der Waals surface area contributed by atoms with Gasteiger partial charge in [-0.1, -0.05) is 24.3 Å². The maximum absolute atomic E-state index is 13.8. The van der Waals surface area contributed by atoms with E-state index < -0.39 is 45.7 Å². The zero-order chi connectivity index (χ0) is 26.7. The van der Waals surface area contributed by atoms with Gasteiger partial charge in [-0.3, -0.25) is 10.1 Å². The number of halogens is 5. The number of nitro groups is 1. The van der Waals surface area contributed by atoms with Gasteiger partial charge in [0, 0.05) is 17.7 Å². The molecule has 3 aromatic carbocycles. The van der Waals surface area contributed by atoms with Gasteiger partial charge in [0.25, 0.3) is 5.69 Å². The number of hydrogen-bond acceptors (Lipinski definition) is 5. The van der Waals surface area contributed by atoms with Crippen LogP contribution in [-0.2, 0) is 0 Å². The van der Waals surface area contributed by atoms with E-state index >= 15 is 0 Å². The van der Waals surface area contributed by atoms with Crippen LogP contribution in [0.2, 0.25) is 0 Å². The van der Waals surface area contributed by atoms with Crippen molar-refractivity contribution in [2.75, 3.05) is 0 Å². The molecule has 0 atom stereocenters. The van der Waals surface area contributed by atoms with Gasteiger partial charge < -0.3 is 4.74 Å². The summed E-state index contributed by atoms with van der Waals surface area (Å²) in [4.78, 5) is 27.0. The molecule has 0 radical (unpaired) electrons. The van der Waals surface area contributed by atoms with Crippen molar-refractivity contribution in [1.82, 2.24) is 4.98 Å². The monoisotopic (exact) mass is 512 g/mol. The Labute approximate surface area is 205 Å². The van der Waals surface area contributed by atoms with E-state index in [9.17, 15) is 36.9 Å². The van der Waals surface area contributed by atoms with E-state index in [4.69, 9.17) is 0 Å². The Balaban J connectivity index is 1.50. The van der Waals surface area contributed by atoms with Gasteiger partial charge in [0.1, 0.15) is 0 Å². The SMILES string of the molecule is O=C(Oc1c(F)c(F)c(F)c(F)c1F)c1ccc(-c2cccc(/C=C/c3ccc([N+](=O)[O-])cc3)n2)cc1. The summed E-state index contributed by atoms with van der Waals surface area (Å²) in [5, 5.41) is 10.7. The average Bonchev–Trinajstić information content (AvgIpc) is 2.92. The molecular formula is C26H13F5N2O4. The Morgan fingerprint density at radius 1 is 0.784 bits per heavy atom. The van der Waals surface area contributed by atoms with Crippen LogP contribution in [0.4, 0.5) is 27.6 Å². The summed E-state index contributed by atoms with van der Waals surface area (Å²) in [6.45, 7) is 0. The number of rotatable bonds is 6. The first-order valence-corrected chi connectivity index (χ1v) is 10.4. The number of nitrogens with zero attached hydrogens (tertiary/aromatic N) is 2. The van der Waals surface area contributed by atoms with Crippen LogP contribution in [0.1, 0.15) is 21.6 Å². The molecule has 11 heteroatoms. The van der Waals surface area contributed by atoms with E-state index in [0.29, 0.717) is 17.0 Å². The van der Waals surface area contributed by atoms with Gasteiger partial charge >= 0.3 is 5.97 Å². The van der Waals surface area contributed by atoms with Gasteiger partial charge in [0.15, 0.2) is 0 Å². The van der Waals surface area contributed by atoms with Crippen LogP contribution in [0.15, 0.2) is 66.7 Å². The molecule has 1 aromatic heterocycles. The van der Waals surface area contributed by atoms with Crippen molar-refractivity contribution in [2.45, 2.75) is 0 Å². The largest absolute Gasteiger partial charge is 0.416 e. The third kappa shape index (κ3) is 5.35. The van der Waals surface area contributed by atoms with Crippen molar-refractivity contribution in [3.63, 3.8) is 0 Å². The minimum atomic E-state index is -2.36. The Kier molecular flexibility index (Phi) is 7.05. The molecule has 0 fully saturated rings. The van der Waals surface area contributed by atoms with Crippen LogP contribution in [-0.4, -0.2) is 15.9 Å². The average molecular weight is 512 g/mol. The van der Waals surface area contributed by atoms with E-state index in [-0.39, 0.29) is 11.3 Å². The molecule has 0 saturated heterocycles. The highest BCUT2D eigenvalue weighted by Crippen LogP contribution is 2.30. The van der Waals surface area contributed by atoms with Gasteiger partial charge in [0.05, 0.1) is 21.9 Å². The second-order valence-corrected chi connectivity index (χ2v) is 7.50. The molecule has 37 heavy (non-hydrogen) atoms. The molecule has 0 saturated carbocycles. The highest BCUT2D eigenvalue weighted by molar-refractivity contribution is 5.91. The summed E-state index contributed by atoms with van der Waals surface area (Å²) < 4.78 is 71.8. The Morgan fingerprint density at radius 2 is 1.38 bits per heavy atom. The first-order chi connectivity index (χ1) is 17.7. The van der Waals surface area contributed by atoms with Crippen LogP contribution in [0, 0.1) is 39.2 Å². The van der Waals surface area contributed by atoms with E-state index in [1.165, 1.54) is 36.4 Å². The number of carbonyl (C=O) groups is 1. The predicted octanol–water partition coefficient (Wildman–Crippen LogP) is 6.74. The molecule has 0 aliphatic rings. The zero-order valence-electron chi connectivity index (χ0n) is 18.4. The number of non-ortho nitro benzene ring substituents is 1. The van der Waals surface area contributed by atoms with Gasteiger partial charge in [0.2, 0.25) is 34.8 Å². The molecular weight excluding hydrogens is 499 g/mol. The van der Waals surface area contributed by atoms with Gasteiger partial charge in [-0.25, -0.2) is 22.9 Å². The van der Waals surface area contributed by atoms with Crippen LogP contribution >= 0.6 is 0 Å². The number of esters is 1. The third-order valence-electron chi connectivity index (χ3n) is 5.10. The lowest BCUT2D eigenvalue weighted by molar-refractivity contribution is -0.384. The molecule has 1 heterocycles.